The van der Waals surface area contributed by atoms with Gasteiger partial charge in [0.05, 0.1) is 27.3 Å². The number of halogens is 5. The normalized spacial score (nSPS) is 11.5. The summed E-state index contributed by atoms with van der Waals surface area (Å²) in [6.45, 7) is 3.38. The van der Waals surface area contributed by atoms with Crippen molar-refractivity contribution >= 4 is 29.2 Å². The van der Waals surface area contributed by atoms with Crippen molar-refractivity contribution in [2.45, 2.75) is 26.1 Å². The first-order chi connectivity index (χ1) is 11.6. The van der Waals surface area contributed by atoms with Gasteiger partial charge >= 0.3 is 12.1 Å². The summed E-state index contributed by atoms with van der Waals surface area (Å²) in [4.78, 5) is 12.0. The predicted molar refractivity (Wildman–Crippen MR) is 88.5 cm³/mol. The molecule has 0 aliphatic heterocycles. The van der Waals surface area contributed by atoms with Gasteiger partial charge in [-0.15, -0.1) is 0 Å². The average Bonchev–Trinajstić information content (AvgIpc) is 2.49. The highest BCUT2D eigenvalue weighted by Gasteiger charge is 2.31. The van der Waals surface area contributed by atoms with Gasteiger partial charge in [0.2, 0.25) is 0 Å². The molecule has 0 radical (unpaired) electrons. The van der Waals surface area contributed by atoms with E-state index in [2.05, 4.69) is 0 Å². The maximum atomic E-state index is 12.7. The lowest BCUT2D eigenvalue weighted by atomic mass is 10.2. The second kappa shape index (κ2) is 7.54. The highest BCUT2D eigenvalue weighted by molar-refractivity contribution is 6.33. The van der Waals surface area contributed by atoms with Crippen LogP contribution in [0.2, 0.25) is 10.0 Å². The third-order valence-corrected chi connectivity index (χ3v) is 3.61. The molecule has 0 saturated carbocycles. The minimum absolute atomic E-state index is 0.0140. The van der Waals surface area contributed by atoms with Crippen molar-refractivity contribution in [3.63, 3.8) is 0 Å². The summed E-state index contributed by atoms with van der Waals surface area (Å²) in [5.41, 5.74) is -0.807. The number of rotatable bonds is 4. The smallest absolute Gasteiger partial charge is 0.416 e. The van der Waals surface area contributed by atoms with Gasteiger partial charge in [-0.25, -0.2) is 4.79 Å². The second-order valence-electron chi connectivity index (χ2n) is 5.34. The Hall–Kier alpha value is -1.92. The highest BCUT2D eigenvalue weighted by atomic mass is 35.5. The van der Waals surface area contributed by atoms with Gasteiger partial charge in [0.15, 0.2) is 0 Å². The Kier molecular flexibility index (Phi) is 5.85. The van der Waals surface area contributed by atoms with Crippen LogP contribution in [0.25, 0.3) is 0 Å². The van der Waals surface area contributed by atoms with Crippen molar-refractivity contribution in [1.82, 2.24) is 0 Å². The van der Waals surface area contributed by atoms with Gasteiger partial charge in [-0.2, -0.15) is 13.2 Å². The van der Waals surface area contributed by atoms with Gasteiger partial charge in [0.25, 0.3) is 0 Å². The van der Waals surface area contributed by atoms with Crippen LogP contribution in [0.3, 0.4) is 0 Å². The monoisotopic (exact) mass is 392 g/mol. The molecule has 0 aromatic heterocycles. The zero-order valence-corrected chi connectivity index (χ0v) is 14.7. The molecule has 0 spiro atoms. The van der Waals surface area contributed by atoms with Gasteiger partial charge in [-0.1, -0.05) is 23.2 Å². The van der Waals surface area contributed by atoms with E-state index in [0.717, 1.165) is 18.2 Å². The Morgan fingerprint density at radius 3 is 2.28 bits per heavy atom. The lowest BCUT2D eigenvalue weighted by molar-refractivity contribution is -0.137. The molecule has 134 valence electrons. The van der Waals surface area contributed by atoms with Crippen LogP contribution < -0.4 is 4.74 Å². The van der Waals surface area contributed by atoms with Gasteiger partial charge in [-0.05, 0) is 50.2 Å². The molecule has 8 heteroatoms. The van der Waals surface area contributed by atoms with Crippen LogP contribution in [-0.2, 0) is 10.9 Å². The molecule has 0 aliphatic carbocycles. The molecule has 0 aliphatic rings. The van der Waals surface area contributed by atoms with E-state index in [1.165, 1.54) is 18.2 Å². The number of carbonyl (C=O) groups is 1. The molecular weight excluding hydrogens is 380 g/mol. The third-order valence-electron chi connectivity index (χ3n) is 2.99. The van der Waals surface area contributed by atoms with E-state index in [4.69, 9.17) is 32.7 Å². The first-order valence-corrected chi connectivity index (χ1v) is 7.88. The molecule has 25 heavy (non-hydrogen) atoms. The Morgan fingerprint density at radius 1 is 1.04 bits per heavy atom. The zero-order valence-electron chi connectivity index (χ0n) is 13.2. The summed E-state index contributed by atoms with van der Waals surface area (Å²) in [6.07, 6.45) is -4.84. The number of hydrogen-bond acceptors (Lipinski definition) is 3. The first kappa shape index (κ1) is 19.4. The maximum absolute atomic E-state index is 12.7. The number of hydrogen-bond donors (Lipinski definition) is 0. The van der Waals surface area contributed by atoms with Crippen molar-refractivity contribution < 1.29 is 27.4 Å². The fourth-order valence-electron chi connectivity index (χ4n) is 1.89. The van der Waals surface area contributed by atoms with Gasteiger partial charge in [-0.3, -0.25) is 0 Å². The van der Waals surface area contributed by atoms with E-state index in [1.807, 2.05) is 0 Å². The van der Waals surface area contributed by atoms with E-state index in [9.17, 15) is 18.0 Å². The molecule has 2 aromatic rings. The topological polar surface area (TPSA) is 35.5 Å². The first-order valence-electron chi connectivity index (χ1n) is 7.13. The summed E-state index contributed by atoms with van der Waals surface area (Å²) in [6, 6.07) is 6.94. The fraction of sp³-hybridized carbons (Fsp3) is 0.235. The average molecular weight is 393 g/mol. The van der Waals surface area contributed by atoms with Crippen LogP contribution in [0.4, 0.5) is 13.2 Å². The second-order valence-corrected chi connectivity index (χ2v) is 6.16. The van der Waals surface area contributed by atoms with Crippen LogP contribution >= 0.6 is 23.2 Å². The third kappa shape index (κ3) is 5.03. The Labute approximate surface area is 152 Å². The molecule has 0 saturated heterocycles. The Balaban J connectivity index is 2.28. The summed E-state index contributed by atoms with van der Waals surface area (Å²) in [5.74, 6) is -0.439. The van der Waals surface area contributed by atoms with Crippen molar-refractivity contribution in [3.05, 3.63) is 57.6 Å². The molecule has 0 N–H and O–H groups in total. The van der Waals surface area contributed by atoms with Crippen LogP contribution in [0, 0.1) is 0 Å². The van der Waals surface area contributed by atoms with Gasteiger partial charge in [0, 0.05) is 0 Å². The summed E-state index contributed by atoms with van der Waals surface area (Å²) >= 11 is 11.8. The minimum atomic E-state index is -4.50. The molecule has 2 aromatic carbocycles. The van der Waals surface area contributed by atoms with Gasteiger partial charge in [0.1, 0.15) is 11.5 Å². The summed E-state index contributed by atoms with van der Waals surface area (Å²) in [7, 11) is 0. The van der Waals surface area contributed by atoms with E-state index in [1.54, 1.807) is 13.8 Å². The van der Waals surface area contributed by atoms with Crippen LogP contribution in [-0.4, -0.2) is 12.1 Å². The van der Waals surface area contributed by atoms with E-state index < -0.39 is 17.7 Å². The van der Waals surface area contributed by atoms with Crippen molar-refractivity contribution in [3.8, 4) is 11.5 Å². The lowest BCUT2D eigenvalue weighted by Crippen LogP contribution is -2.12. The Morgan fingerprint density at radius 2 is 1.72 bits per heavy atom. The number of alkyl halides is 3. The van der Waals surface area contributed by atoms with E-state index in [0.29, 0.717) is 0 Å². The maximum Gasteiger partial charge on any atom is 0.416 e. The number of benzene rings is 2. The minimum Gasteiger partial charge on any atom is -0.459 e. The standard InChI is InChI=1S/C17H13Cl2F3O3/c1-9(2)24-16(23)12-8-11(4-5-13(12)18)25-15-6-3-10(7-14(15)19)17(20,21)22/h3-9H,1-2H3. The molecule has 0 bridgehead atoms. The van der Waals surface area contributed by atoms with E-state index >= 15 is 0 Å². The molecule has 0 unspecified atom stereocenters. The lowest BCUT2D eigenvalue weighted by Gasteiger charge is -2.13. The number of carbonyl (C=O) groups excluding carboxylic acids is 1. The molecule has 0 atom stereocenters. The number of ether oxygens (including phenoxy) is 2. The molecular formula is C17H13Cl2F3O3. The van der Waals surface area contributed by atoms with Crippen molar-refractivity contribution in [1.29, 1.82) is 0 Å². The quantitative estimate of drug-likeness (QED) is 0.567. The van der Waals surface area contributed by atoms with Gasteiger partial charge < -0.3 is 9.47 Å². The zero-order chi connectivity index (χ0) is 18.8. The highest BCUT2D eigenvalue weighted by Crippen LogP contribution is 2.37. The predicted octanol–water partition coefficient (Wildman–Crippen LogP) is 6.37. The summed E-state index contributed by atoms with van der Waals surface area (Å²) in [5, 5.41) is -0.0485. The molecule has 0 fully saturated rings. The van der Waals surface area contributed by atoms with Crippen molar-refractivity contribution in [2.75, 3.05) is 0 Å². The molecule has 0 heterocycles. The van der Waals surface area contributed by atoms with Crippen molar-refractivity contribution in [2.24, 2.45) is 0 Å². The summed E-state index contributed by atoms with van der Waals surface area (Å²) < 4.78 is 48.5. The number of esters is 1. The van der Waals surface area contributed by atoms with E-state index in [-0.39, 0.29) is 33.2 Å². The van der Waals surface area contributed by atoms with Crippen LogP contribution in [0.15, 0.2) is 36.4 Å². The van der Waals surface area contributed by atoms with Crippen LogP contribution in [0.5, 0.6) is 11.5 Å². The Bertz CT molecular complexity index is 789. The molecule has 3 nitrogen and oxygen atoms in total. The fourth-order valence-corrected chi connectivity index (χ4v) is 2.30. The largest absolute Gasteiger partial charge is 0.459 e. The SMILES string of the molecule is CC(C)OC(=O)c1cc(Oc2ccc(C(F)(F)F)cc2Cl)ccc1Cl. The molecule has 0 amide bonds. The van der Waals surface area contributed by atoms with Crippen LogP contribution in [0.1, 0.15) is 29.8 Å². The molecule has 2 rings (SSSR count).